The van der Waals surface area contributed by atoms with E-state index >= 15 is 0 Å². The summed E-state index contributed by atoms with van der Waals surface area (Å²) in [6.45, 7) is 1.94. The van der Waals surface area contributed by atoms with Gasteiger partial charge in [0.25, 0.3) is 5.56 Å². The molecule has 1 aromatic carbocycles. The predicted molar refractivity (Wildman–Crippen MR) is 75.1 cm³/mol. The van der Waals surface area contributed by atoms with E-state index in [1.165, 1.54) is 11.6 Å². The van der Waals surface area contributed by atoms with Crippen LogP contribution in [-0.4, -0.2) is 9.13 Å². The number of benzene rings is 1. The Hall–Kier alpha value is -2.30. The Kier molecular flexibility index (Phi) is 2.61. The highest BCUT2D eigenvalue weighted by molar-refractivity contribution is 5.37. The average Bonchev–Trinajstić information content (AvgIpc) is 2.83. The molecule has 1 aromatic heterocycles. The summed E-state index contributed by atoms with van der Waals surface area (Å²) in [5.74, 6) is 0.379. The van der Waals surface area contributed by atoms with Crippen molar-refractivity contribution in [1.82, 2.24) is 9.13 Å². The van der Waals surface area contributed by atoms with Gasteiger partial charge in [0.05, 0.1) is 5.56 Å². The molecular weight excluding hydrogens is 256 g/mol. The van der Waals surface area contributed by atoms with Gasteiger partial charge >= 0.3 is 5.69 Å². The van der Waals surface area contributed by atoms with Gasteiger partial charge in [-0.15, -0.1) is 0 Å². The molecule has 0 spiro atoms. The van der Waals surface area contributed by atoms with Crippen LogP contribution in [0.3, 0.4) is 0 Å². The Bertz CT molecular complexity index is 789. The van der Waals surface area contributed by atoms with Gasteiger partial charge in [0, 0.05) is 20.5 Å². The van der Waals surface area contributed by atoms with Crippen LogP contribution in [-0.2, 0) is 26.1 Å². The molecule has 104 valence electrons. The quantitative estimate of drug-likeness (QED) is 0.776. The molecule has 2 aromatic rings. The smallest absolute Gasteiger partial charge is 0.333 e. The predicted octanol–water partition coefficient (Wildman–Crippen LogP) is 0.934. The standard InChI is InChI=1S/C15H16N2O3/c1-15(10-7-5-4-6-8-10)9-11-12(18)16(2)14(19)17(3)13(11)20-15/h4-8H,9H2,1-3H3. The fraction of sp³-hybridized carbons (Fsp3) is 0.333. The van der Waals surface area contributed by atoms with Crippen molar-refractivity contribution in [3.05, 3.63) is 62.3 Å². The fourth-order valence-electron chi connectivity index (χ4n) is 2.71. The van der Waals surface area contributed by atoms with Crippen molar-refractivity contribution >= 4 is 0 Å². The highest BCUT2D eigenvalue weighted by Gasteiger charge is 2.40. The molecule has 5 heteroatoms. The average molecular weight is 272 g/mol. The van der Waals surface area contributed by atoms with E-state index in [2.05, 4.69) is 0 Å². The van der Waals surface area contributed by atoms with Crippen LogP contribution in [0.1, 0.15) is 18.1 Å². The van der Waals surface area contributed by atoms with Crippen LogP contribution < -0.4 is 16.0 Å². The largest absolute Gasteiger partial charge is 0.467 e. The molecule has 5 nitrogen and oxygen atoms in total. The summed E-state index contributed by atoms with van der Waals surface area (Å²) in [6, 6.07) is 9.74. The molecule has 2 heterocycles. The number of ether oxygens (including phenoxy) is 1. The second kappa shape index (κ2) is 4.10. The number of hydrogen-bond donors (Lipinski definition) is 0. The van der Waals surface area contributed by atoms with Gasteiger partial charge in [-0.05, 0) is 12.5 Å². The first-order valence-corrected chi connectivity index (χ1v) is 6.47. The molecule has 0 fully saturated rings. The van der Waals surface area contributed by atoms with Gasteiger partial charge in [0.1, 0.15) is 5.60 Å². The van der Waals surface area contributed by atoms with Crippen molar-refractivity contribution < 1.29 is 4.74 Å². The Labute approximate surface area is 116 Å². The van der Waals surface area contributed by atoms with Crippen molar-refractivity contribution in [3.63, 3.8) is 0 Å². The normalized spacial score (nSPS) is 20.6. The Morgan fingerprint density at radius 1 is 1.10 bits per heavy atom. The number of aromatic nitrogens is 2. The van der Waals surface area contributed by atoms with Gasteiger partial charge in [-0.25, -0.2) is 4.79 Å². The van der Waals surface area contributed by atoms with Crippen LogP contribution >= 0.6 is 0 Å². The molecule has 0 bridgehead atoms. The molecule has 0 saturated carbocycles. The molecule has 0 N–H and O–H groups in total. The summed E-state index contributed by atoms with van der Waals surface area (Å²) in [4.78, 5) is 24.2. The van der Waals surface area contributed by atoms with E-state index < -0.39 is 5.60 Å². The Balaban J connectivity index is 2.19. The maximum atomic E-state index is 12.2. The lowest BCUT2D eigenvalue weighted by Crippen LogP contribution is -2.38. The zero-order chi connectivity index (χ0) is 14.5. The molecule has 0 radical (unpaired) electrons. The minimum absolute atomic E-state index is 0.275. The van der Waals surface area contributed by atoms with Crippen molar-refractivity contribution in [2.45, 2.75) is 18.9 Å². The summed E-state index contributed by atoms with van der Waals surface area (Å²) in [5, 5.41) is 0. The molecule has 1 aliphatic rings. The third kappa shape index (κ3) is 1.62. The van der Waals surface area contributed by atoms with Crippen LogP contribution in [0.2, 0.25) is 0 Å². The first-order valence-electron chi connectivity index (χ1n) is 6.47. The first kappa shape index (κ1) is 12.7. The molecule has 1 atom stereocenters. The zero-order valence-electron chi connectivity index (χ0n) is 11.7. The summed E-state index contributed by atoms with van der Waals surface area (Å²) >= 11 is 0. The molecule has 20 heavy (non-hydrogen) atoms. The Morgan fingerprint density at radius 3 is 2.40 bits per heavy atom. The van der Waals surface area contributed by atoms with Crippen LogP contribution in [0.4, 0.5) is 0 Å². The van der Waals surface area contributed by atoms with Gasteiger partial charge in [0.2, 0.25) is 5.88 Å². The molecule has 1 unspecified atom stereocenters. The third-order valence-corrected chi connectivity index (χ3v) is 3.92. The van der Waals surface area contributed by atoms with Crippen molar-refractivity contribution in [2.75, 3.05) is 0 Å². The van der Waals surface area contributed by atoms with E-state index in [0.717, 1.165) is 10.1 Å². The SMILES string of the molecule is Cn1c2c(c(=O)n(C)c1=O)CC(C)(c1ccccc1)O2. The van der Waals surface area contributed by atoms with Crippen LogP contribution in [0, 0.1) is 0 Å². The van der Waals surface area contributed by atoms with Gasteiger partial charge in [-0.2, -0.15) is 0 Å². The summed E-state index contributed by atoms with van der Waals surface area (Å²) in [5.41, 5.74) is 0.293. The number of rotatable bonds is 1. The highest BCUT2D eigenvalue weighted by atomic mass is 16.5. The Morgan fingerprint density at radius 2 is 1.75 bits per heavy atom. The molecule has 0 amide bonds. The maximum Gasteiger partial charge on any atom is 0.333 e. The van der Waals surface area contributed by atoms with Crippen LogP contribution in [0.15, 0.2) is 39.9 Å². The van der Waals surface area contributed by atoms with Gasteiger partial charge in [0.15, 0.2) is 0 Å². The van der Waals surface area contributed by atoms with Gasteiger partial charge < -0.3 is 4.74 Å². The maximum absolute atomic E-state index is 12.2. The van der Waals surface area contributed by atoms with Gasteiger partial charge in [-0.1, -0.05) is 30.3 Å². The van der Waals surface area contributed by atoms with E-state index in [4.69, 9.17) is 4.74 Å². The zero-order valence-corrected chi connectivity index (χ0v) is 11.7. The minimum atomic E-state index is -0.610. The lowest BCUT2D eigenvalue weighted by molar-refractivity contribution is 0.105. The molecule has 3 rings (SSSR count). The topological polar surface area (TPSA) is 53.2 Å². The summed E-state index contributed by atoms with van der Waals surface area (Å²) in [6.07, 6.45) is 0.465. The summed E-state index contributed by atoms with van der Waals surface area (Å²) < 4.78 is 8.50. The van der Waals surface area contributed by atoms with Gasteiger partial charge in [-0.3, -0.25) is 13.9 Å². The first-order chi connectivity index (χ1) is 9.44. The lowest BCUT2D eigenvalue weighted by Gasteiger charge is -2.24. The molecule has 1 aliphatic heterocycles. The number of fused-ring (bicyclic) bond motifs is 1. The summed E-state index contributed by atoms with van der Waals surface area (Å²) in [7, 11) is 3.11. The molecule has 0 aliphatic carbocycles. The number of hydrogen-bond acceptors (Lipinski definition) is 3. The van der Waals surface area contributed by atoms with E-state index in [0.29, 0.717) is 17.9 Å². The fourth-order valence-corrected chi connectivity index (χ4v) is 2.71. The monoisotopic (exact) mass is 272 g/mol. The van der Waals surface area contributed by atoms with E-state index in [1.807, 2.05) is 37.3 Å². The van der Waals surface area contributed by atoms with E-state index in [-0.39, 0.29) is 11.2 Å². The second-order valence-electron chi connectivity index (χ2n) is 5.37. The second-order valence-corrected chi connectivity index (χ2v) is 5.37. The van der Waals surface area contributed by atoms with Crippen molar-refractivity contribution in [3.8, 4) is 5.88 Å². The lowest BCUT2D eigenvalue weighted by atomic mass is 9.92. The van der Waals surface area contributed by atoms with Crippen LogP contribution in [0.25, 0.3) is 0 Å². The third-order valence-electron chi connectivity index (χ3n) is 3.92. The number of nitrogens with zero attached hydrogens (tertiary/aromatic N) is 2. The molecular formula is C15H16N2O3. The minimum Gasteiger partial charge on any atom is -0.467 e. The van der Waals surface area contributed by atoms with Crippen molar-refractivity contribution in [1.29, 1.82) is 0 Å². The van der Waals surface area contributed by atoms with Crippen LogP contribution in [0.5, 0.6) is 5.88 Å². The van der Waals surface area contributed by atoms with E-state index in [9.17, 15) is 9.59 Å². The molecule has 0 saturated heterocycles. The highest BCUT2D eigenvalue weighted by Crippen LogP contribution is 2.38. The van der Waals surface area contributed by atoms with Crippen molar-refractivity contribution in [2.24, 2.45) is 14.1 Å². The van der Waals surface area contributed by atoms with E-state index in [1.54, 1.807) is 7.05 Å².